The van der Waals surface area contributed by atoms with Crippen molar-refractivity contribution in [2.24, 2.45) is 0 Å². The summed E-state index contributed by atoms with van der Waals surface area (Å²) >= 11 is 7.42. The van der Waals surface area contributed by atoms with E-state index in [-0.39, 0.29) is 30.6 Å². The third-order valence-corrected chi connectivity index (χ3v) is 6.10. The lowest BCUT2D eigenvalue weighted by atomic mass is 9.82. The van der Waals surface area contributed by atoms with Crippen molar-refractivity contribution in [3.8, 4) is 0 Å². The first-order chi connectivity index (χ1) is 12.4. The Bertz CT molecular complexity index is 706. The molecule has 0 aromatic carbocycles. The average molecular weight is 435 g/mol. The summed E-state index contributed by atoms with van der Waals surface area (Å²) in [5, 5.41) is 3.63. The molecule has 1 spiro atoms. The molecular formula is C17H24Cl2N4O3S. The Hall–Kier alpha value is -1.35. The SMILES string of the molecule is CN(CCC(=O)NN1C(=O)NC2(CCCCC2)C1=O)Cc1ccc(Cl)s1.Cl. The van der Waals surface area contributed by atoms with E-state index in [2.05, 4.69) is 10.7 Å². The van der Waals surface area contributed by atoms with Gasteiger partial charge in [0.1, 0.15) is 5.54 Å². The summed E-state index contributed by atoms with van der Waals surface area (Å²) in [7, 11) is 1.91. The Balaban J connectivity index is 0.00000261. The van der Waals surface area contributed by atoms with Gasteiger partial charge in [-0.2, -0.15) is 5.01 Å². The van der Waals surface area contributed by atoms with Crippen LogP contribution in [0.2, 0.25) is 4.34 Å². The normalized spacial score (nSPS) is 18.6. The summed E-state index contributed by atoms with van der Waals surface area (Å²) < 4.78 is 0.737. The van der Waals surface area contributed by atoms with E-state index < -0.39 is 11.6 Å². The molecule has 0 radical (unpaired) electrons. The number of hydrazine groups is 1. The van der Waals surface area contributed by atoms with Gasteiger partial charge in [-0.1, -0.05) is 30.9 Å². The van der Waals surface area contributed by atoms with Gasteiger partial charge in [0.25, 0.3) is 5.91 Å². The number of rotatable bonds is 6. The molecule has 2 aliphatic rings. The Morgan fingerprint density at radius 2 is 2.04 bits per heavy atom. The minimum Gasteiger partial charge on any atom is -0.322 e. The number of urea groups is 1. The van der Waals surface area contributed by atoms with Crippen LogP contribution in [0, 0.1) is 0 Å². The van der Waals surface area contributed by atoms with Gasteiger partial charge in [-0.05, 0) is 32.0 Å². The molecule has 3 rings (SSSR count). The predicted octanol–water partition coefficient (Wildman–Crippen LogP) is 2.93. The third-order valence-electron chi connectivity index (χ3n) is 4.88. The van der Waals surface area contributed by atoms with Crippen LogP contribution in [0.3, 0.4) is 0 Å². The second-order valence-electron chi connectivity index (χ2n) is 6.94. The van der Waals surface area contributed by atoms with Gasteiger partial charge in [0.05, 0.1) is 4.34 Å². The average Bonchev–Trinajstić information content (AvgIpc) is 3.10. The topological polar surface area (TPSA) is 81.8 Å². The molecule has 1 saturated carbocycles. The summed E-state index contributed by atoms with van der Waals surface area (Å²) in [6.45, 7) is 1.20. The van der Waals surface area contributed by atoms with E-state index in [1.54, 1.807) is 0 Å². The van der Waals surface area contributed by atoms with Gasteiger partial charge in [0.15, 0.2) is 0 Å². The Kier molecular flexibility index (Phi) is 7.50. The fourth-order valence-corrected chi connectivity index (χ4v) is 4.64. The first-order valence-corrected chi connectivity index (χ1v) is 9.98. The van der Waals surface area contributed by atoms with Gasteiger partial charge in [0, 0.05) is 24.4 Å². The molecule has 150 valence electrons. The monoisotopic (exact) mass is 434 g/mol. The fraction of sp³-hybridized carbons (Fsp3) is 0.588. The highest BCUT2D eigenvalue weighted by Crippen LogP contribution is 2.33. The first kappa shape index (κ1) is 21.9. The van der Waals surface area contributed by atoms with Crippen LogP contribution in [0.5, 0.6) is 0 Å². The molecule has 1 aliphatic carbocycles. The van der Waals surface area contributed by atoms with Crippen molar-refractivity contribution in [1.82, 2.24) is 20.7 Å². The molecule has 10 heteroatoms. The lowest BCUT2D eigenvalue weighted by molar-refractivity contribution is -0.140. The van der Waals surface area contributed by atoms with E-state index in [4.69, 9.17) is 11.6 Å². The largest absolute Gasteiger partial charge is 0.344 e. The Morgan fingerprint density at radius 3 is 2.67 bits per heavy atom. The second kappa shape index (κ2) is 9.23. The van der Waals surface area contributed by atoms with Gasteiger partial charge in [-0.15, -0.1) is 23.7 Å². The van der Waals surface area contributed by atoms with Crippen molar-refractivity contribution in [2.75, 3.05) is 13.6 Å². The number of carbonyl (C=O) groups excluding carboxylic acids is 3. The van der Waals surface area contributed by atoms with Gasteiger partial charge < -0.3 is 10.2 Å². The van der Waals surface area contributed by atoms with E-state index >= 15 is 0 Å². The molecule has 1 saturated heterocycles. The summed E-state index contributed by atoms with van der Waals surface area (Å²) in [5.74, 6) is -0.686. The number of nitrogens with zero attached hydrogens (tertiary/aromatic N) is 2. The standard InChI is InChI=1S/C17H23ClN4O3S.ClH/c1-21(11-12-5-6-13(18)26-12)10-7-14(23)20-22-15(24)17(19-16(22)25)8-3-2-4-9-17;/h5-6H,2-4,7-11H2,1H3,(H,19,25)(H,20,23);1H. The molecule has 27 heavy (non-hydrogen) atoms. The predicted molar refractivity (Wildman–Crippen MR) is 107 cm³/mol. The summed E-state index contributed by atoms with van der Waals surface area (Å²) in [6, 6.07) is 3.27. The van der Waals surface area contributed by atoms with Crippen molar-refractivity contribution in [3.63, 3.8) is 0 Å². The van der Waals surface area contributed by atoms with Crippen LogP contribution in [-0.2, 0) is 16.1 Å². The maximum atomic E-state index is 12.6. The fourth-order valence-electron chi connectivity index (χ4n) is 3.47. The maximum absolute atomic E-state index is 12.6. The molecule has 0 atom stereocenters. The molecule has 7 nitrogen and oxygen atoms in total. The van der Waals surface area contributed by atoms with Crippen LogP contribution < -0.4 is 10.7 Å². The number of halogens is 2. The molecule has 1 aliphatic heterocycles. The number of thiophene rings is 1. The van der Waals surface area contributed by atoms with Crippen LogP contribution >= 0.6 is 35.3 Å². The lowest BCUT2D eigenvalue weighted by Gasteiger charge is -2.30. The van der Waals surface area contributed by atoms with E-state index in [9.17, 15) is 14.4 Å². The molecule has 2 heterocycles. The van der Waals surface area contributed by atoms with Gasteiger partial charge in [0.2, 0.25) is 5.91 Å². The summed E-state index contributed by atoms with van der Waals surface area (Å²) in [5.41, 5.74) is 1.64. The summed E-state index contributed by atoms with van der Waals surface area (Å²) in [6.07, 6.45) is 4.35. The molecular weight excluding hydrogens is 411 g/mol. The van der Waals surface area contributed by atoms with Gasteiger partial charge in [-0.3, -0.25) is 15.0 Å². The van der Waals surface area contributed by atoms with E-state index in [1.165, 1.54) is 11.3 Å². The first-order valence-electron chi connectivity index (χ1n) is 8.78. The zero-order chi connectivity index (χ0) is 18.7. The van der Waals surface area contributed by atoms with Crippen LogP contribution in [-0.4, -0.2) is 46.9 Å². The van der Waals surface area contributed by atoms with Crippen molar-refractivity contribution in [2.45, 2.75) is 50.6 Å². The van der Waals surface area contributed by atoms with Gasteiger partial charge in [-0.25, -0.2) is 4.79 Å². The van der Waals surface area contributed by atoms with Crippen molar-refractivity contribution in [3.05, 3.63) is 21.3 Å². The summed E-state index contributed by atoms with van der Waals surface area (Å²) in [4.78, 5) is 40.1. The molecule has 1 aromatic rings. The van der Waals surface area contributed by atoms with Crippen LogP contribution in [0.15, 0.2) is 12.1 Å². The third kappa shape index (κ3) is 5.13. The number of hydrogen-bond acceptors (Lipinski definition) is 5. The minimum atomic E-state index is -0.822. The van der Waals surface area contributed by atoms with Crippen molar-refractivity contribution in [1.29, 1.82) is 0 Å². The van der Waals surface area contributed by atoms with Crippen molar-refractivity contribution < 1.29 is 14.4 Å². The maximum Gasteiger partial charge on any atom is 0.344 e. The molecule has 4 amide bonds. The minimum absolute atomic E-state index is 0. The second-order valence-corrected chi connectivity index (χ2v) is 8.74. The number of amides is 4. The van der Waals surface area contributed by atoms with E-state index in [0.717, 1.165) is 33.5 Å². The van der Waals surface area contributed by atoms with Crippen LogP contribution in [0.25, 0.3) is 0 Å². The number of nitrogens with one attached hydrogen (secondary N) is 2. The highest BCUT2D eigenvalue weighted by Gasteiger charge is 2.52. The Morgan fingerprint density at radius 1 is 1.33 bits per heavy atom. The molecule has 2 fully saturated rings. The molecule has 2 N–H and O–H groups in total. The highest BCUT2D eigenvalue weighted by atomic mass is 35.5. The van der Waals surface area contributed by atoms with Gasteiger partial charge >= 0.3 is 6.03 Å². The quantitative estimate of drug-likeness (QED) is 0.674. The zero-order valence-electron chi connectivity index (χ0n) is 15.1. The Labute approximate surface area is 173 Å². The molecule has 1 aromatic heterocycles. The zero-order valence-corrected chi connectivity index (χ0v) is 17.5. The van der Waals surface area contributed by atoms with E-state index in [1.807, 2.05) is 24.1 Å². The highest BCUT2D eigenvalue weighted by molar-refractivity contribution is 7.16. The van der Waals surface area contributed by atoms with Crippen molar-refractivity contribution >= 4 is 53.2 Å². The van der Waals surface area contributed by atoms with Crippen LogP contribution in [0.4, 0.5) is 4.79 Å². The number of imide groups is 1. The van der Waals surface area contributed by atoms with Crippen LogP contribution in [0.1, 0.15) is 43.4 Å². The smallest absolute Gasteiger partial charge is 0.322 e. The number of hydrogen-bond donors (Lipinski definition) is 2. The lowest BCUT2D eigenvalue weighted by Crippen LogP contribution is -2.51. The molecule has 0 bridgehead atoms. The number of carbonyl (C=O) groups is 3. The van der Waals surface area contributed by atoms with E-state index in [0.29, 0.717) is 25.9 Å². The molecule has 0 unspecified atom stereocenters.